The number of nitrogens with one attached hydrogen (secondary N) is 1. The summed E-state index contributed by atoms with van der Waals surface area (Å²) in [4.78, 5) is 24.5. The maximum atomic E-state index is 11.8. The summed E-state index contributed by atoms with van der Waals surface area (Å²) in [7, 11) is 0. The molecular formula is C13H13N3O3. The number of nitriles is 1. The molecule has 0 bridgehead atoms. The van der Waals surface area contributed by atoms with Crippen LogP contribution < -0.4 is 5.32 Å². The molecule has 2 amide bonds. The molecule has 0 saturated carbocycles. The first-order valence-corrected chi connectivity index (χ1v) is 5.91. The van der Waals surface area contributed by atoms with Gasteiger partial charge in [-0.3, -0.25) is 9.69 Å². The van der Waals surface area contributed by atoms with E-state index in [9.17, 15) is 9.59 Å². The molecule has 2 rings (SSSR count). The van der Waals surface area contributed by atoms with Crippen molar-refractivity contribution in [1.82, 2.24) is 4.90 Å². The van der Waals surface area contributed by atoms with E-state index in [-0.39, 0.29) is 12.5 Å². The molecule has 19 heavy (non-hydrogen) atoms. The molecule has 1 fully saturated rings. The number of carbonyl (C=O) groups is 2. The van der Waals surface area contributed by atoms with Gasteiger partial charge in [0.05, 0.1) is 18.2 Å². The number of ether oxygens (including phenoxy) is 1. The fraction of sp³-hybridized carbons (Fsp3) is 0.308. The third-order valence-corrected chi connectivity index (χ3v) is 2.69. The van der Waals surface area contributed by atoms with Gasteiger partial charge in [0.2, 0.25) is 5.91 Å². The first-order chi connectivity index (χ1) is 9.19. The van der Waals surface area contributed by atoms with Crippen molar-refractivity contribution in [2.24, 2.45) is 0 Å². The third kappa shape index (κ3) is 3.45. The van der Waals surface area contributed by atoms with Gasteiger partial charge >= 0.3 is 6.09 Å². The van der Waals surface area contributed by atoms with Crippen LogP contribution in [0.2, 0.25) is 0 Å². The van der Waals surface area contributed by atoms with Crippen LogP contribution in [0.3, 0.4) is 0 Å². The summed E-state index contributed by atoms with van der Waals surface area (Å²) >= 11 is 0. The van der Waals surface area contributed by atoms with Gasteiger partial charge in [0.15, 0.2) is 0 Å². The molecular weight excluding hydrogens is 246 g/mol. The van der Waals surface area contributed by atoms with Crippen LogP contribution in [0.5, 0.6) is 0 Å². The van der Waals surface area contributed by atoms with Crippen molar-refractivity contribution in [3.63, 3.8) is 0 Å². The molecule has 1 aromatic carbocycles. The highest BCUT2D eigenvalue weighted by atomic mass is 16.6. The van der Waals surface area contributed by atoms with Crippen molar-refractivity contribution >= 4 is 17.7 Å². The van der Waals surface area contributed by atoms with Gasteiger partial charge in [-0.15, -0.1) is 0 Å². The minimum Gasteiger partial charge on any atom is -0.449 e. The number of amides is 2. The van der Waals surface area contributed by atoms with Crippen molar-refractivity contribution in [1.29, 1.82) is 5.26 Å². The minimum absolute atomic E-state index is 0.0289. The van der Waals surface area contributed by atoms with E-state index in [1.807, 2.05) is 6.07 Å². The van der Waals surface area contributed by atoms with E-state index in [1.54, 1.807) is 24.3 Å². The molecule has 1 N–H and O–H groups in total. The molecule has 1 aliphatic heterocycles. The van der Waals surface area contributed by atoms with E-state index in [4.69, 9.17) is 10.00 Å². The Balaban J connectivity index is 1.89. The zero-order valence-electron chi connectivity index (χ0n) is 10.3. The Morgan fingerprint density at radius 1 is 1.42 bits per heavy atom. The van der Waals surface area contributed by atoms with Crippen LogP contribution in [0.1, 0.15) is 12.0 Å². The number of anilines is 1. The summed E-state index contributed by atoms with van der Waals surface area (Å²) in [5.74, 6) is -0.288. The van der Waals surface area contributed by atoms with Crippen molar-refractivity contribution in [3.05, 3.63) is 29.8 Å². The molecule has 0 atom stereocenters. The Hall–Kier alpha value is -2.55. The van der Waals surface area contributed by atoms with Gasteiger partial charge in [0.25, 0.3) is 0 Å². The fourth-order valence-corrected chi connectivity index (χ4v) is 1.74. The Labute approximate surface area is 110 Å². The van der Waals surface area contributed by atoms with E-state index >= 15 is 0 Å². The molecule has 1 aliphatic rings. The lowest BCUT2D eigenvalue weighted by Gasteiger charge is -2.25. The molecule has 1 aromatic rings. The van der Waals surface area contributed by atoms with Gasteiger partial charge in [-0.2, -0.15) is 5.26 Å². The predicted octanol–water partition coefficient (Wildman–Crippen LogP) is 1.34. The summed E-state index contributed by atoms with van der Waals surface area (Å²) in [6.07, 6.45) is 0.275. The summed E-state index contributed by atoms with van der Waals surface area (Å²) in [6, 6.07) is 8.52. The van der Waals surface area contributed by atoms with Crippen LogP contribution in [0.25, 0.3) is 0 Å². The first kappa shape index (κ1) is 12.9. The topological polar surface area (TPSA) is 82.4 Å². The van der Waals surface area contributed by atoms with E-state index in [2.05, 4.69) is 5.32 Å². The van der Waals surface area contributed by atoms with E-state index < -0.39 is 6.09 Å². The zero-order chi connectivity index (χ0) is 13.7. The lowest BCUT2D eigenvalue weighted by atomic mass is 10.2. The van der Waals surface area contributed by atoms with Gasteiger partial charge < -0.3 is 10.1 Å². The van der Waals surface area contributed by atoms with E-state index in [1.165, 1.54) is 4.90 Å². The molecule has 1 saturated heterocycles. The molecule has 0 unspecified atom stereocenters. The van der Waals surface area contributed by atoms with Gasteiger partial charge in [-0.25, -0.2) is 4.79 Å². The predicted molar refractivity (Wildman–Crippen MR) is 67.3 cm³/mol. The number of rotatable bonds is 3. The second kappa shape index (κ2) is 5.87. The lowest BCUT2D eigenvalue weighted by molar-refractivity contribution is -0.117. The highest BCUT2D eigenvalue weighted by molar-refractivity contribution is 5.93. The van der Waals surface area contributed by atoms with Crippen LogP contribution in [0.4, 0.5) is 10.5 Å². The van der Waals surface area contributed by atoms with Gasteiger partial charge in [-0.1, -0.05) is 0 Å². The monoisotopic (exact) mass is 259 g/mol. The molecule has 6 nitrogen and oxygen atoms in total. The largest absolute Gasteiger partial charge is 0.449 e. The maximum absolute atomic E-state index is 11.8. The van der Waals surface area contributed by atoms with Crippen LogP contribution in [-0.2, 0) is 9.53 Å². The van der Waals surface area contributed by atoms with Crippen LogP contribution in [0.15, 0.2) is 24.3 Å². The molecule has 98 valence electrons. The molecule has 1 heterocycles. The fourth-order valence-electron chi connectivity index (χ4n) is 1.74. The Morgan fingerprint density at radius 2 is 2.16 bits per heavy atom. The summed E-state index contributed by atoms with van der Waals surface area (Å²) in [5, 5.41) is 11.3. The quantitative estimate of drug-likeness (QED) is 0.887. The molecule has 0 aromatic heterocycles. The van der Waals surface area contributed by atoms with Crippen LogP contribution in [-0.4, -0.2) is 36.6 Å². The van der Waals surface area contributed by atoms with E-state index in [0.717, 1.165) is 6.42 Å². The van der Waals surface area contributed by atoms with Crippen molar-refractivity contribution in [2.75, 3.05) is 25.0 Å². The molecule has 6 heteroatoms. The molecule has 0 spiro atoms. The van der Waals surface area contributed by atoms with Gasteiger partial charge in [0.1, 0.15) is 6.54 Å². The highest BCUT2D eigenvalue weighted by Gasteiger charge is 2.21. The SMILES string of the molecule is N#Cc1ccc(NC(=O)CN2CCCOC2=O)cc1. The second-order valence-electron chi connectivity index (χ2n) is 4.13. The highest BCUT2D eigenvalue weighted by Crippen LogP contribution is 2.09. The average molecular weight is 259 g/mol. The average Bonchev–Trinajstić information content (AvgIpc) is 2.42. The zero-order valence-corrected chi connectivity index (χ0v) is 10.3. The maximum Gasteiger partial charge on any atom is 0.410 e. The number of nitrogens with zero attached hydrogens (tertiary/aromatic N) is 2. The third-order valence-electron chi connectivity index (χ3n) is 2.69. The number of cyclic esters (lactones) is 1. The standard InChI is InChI=1S/C13H13N3O3/c14-8-10-2-4-11(5-3-10)15-12(17)9-16-6-1-7-19-13(16)18/h2-5H,1,6-7,9H2,(H,15,17). The van der Waals surface area contributed by atoms with Crippen LogP contribution in [0, 0.1) is 11.3 Å². The smallest absolute Gasteiger partial charge is 0.410 e. The lowest BCUT2D eigenvalue weighted by Crippen LogP contribution is -2.42. The summed E-state index contributed by atoms with van der Waals surface area (Å²) in [5.41, 5.74) is 1.12. The van der Waals surface area contributed by atoms with Crippen molar-refractivity contribution in [2.45, 2.75) is 6.42 Å². The van der Waals surface area contributed by atoms with Crippen molar-refractivity contribution in [3.8, 4) is 6.07 Å². The number of hydrogen-bond acceptors (Lipinski definition) is 4. The number of hydrogen-bond donors (Lipinski definition) is 1. The van der Waals surface area contributed by atoms with Gasteiger partial charge in [0, 0.05) is 12.2 Å². The van der Waals surface area contributed by atoms with Crippen LogP contribution >= 0.6 is 0 Å². The Kier molecular flexibility index (Phi) is 3.98. The van der Waals surface area contributed by atoms with Crippen molar-refractivity contribution < 1.29 is 14.3 Å². The summed E-state index contributed by atoms with van der Waals surface area (Å²) < 4.78 is 4.84. The second-order valence-corrected chi connectivity index (χ2v) is 4.13. The first-order valence-electron chi connectivity index (χ1n) is 5.91. The normalized spacial score (nSPS) is 14.5. The van der Waals surface area contributed by atoms with E-state index in [0.29, 0.717) is 24.4 Å². The minimum atomic E-state index is -0.457. The number of carbonyl (C=O) groups excluding carboxylic acids is 2. The molecule has 0 aliphatic carbocycles. The Morgan fingerprint density at radius 3 is 2.79 bits per heavy atom. The Bertz CT molecular complexity index is 519. The summed E-state index contributed by atoms with van der Waals surface area (Å²) in [6.45, 7) is 0.908. The molecule has 0 radical (unpaired) electrons. The number of benzene rings is 1. The van der Waals surface area contributed by atoms with Gasteiger partial charge in [-0.05, 0) is 30.7 Å².